The Morgan fingerprint density at radius 1 is 0.875 bits per heavy atom. The molecular formula is C27H24FN3O. The Balaban J connectivity index is 1.45. The zero-order valence-corrected chi connectivity index (χ0v) is 18.0. The number of halogens is 1. The molecule has 0 radical (unpaired) electrons. The van der Waals surface area contributed by atoms with Gasteiger partial charge in [0.05, 0.1) is 16.8 Å². The fourth-order valence-electron chi connectivity index (χ4n) is 4.43. The molecule has 2 heterocycles. The van der Waals surface area contributed by atoms with Gasteiger partial charge in [0.25, 0.3) is 5.91 Å². The molecule has 32 heavy (non-hydrogen) atoms. The summed E-state index contributed by atoms with van der Waals surface area (Å²) in [5.74, 6) is -0.227. The van der Waals surface area contributed by atoms with Gasteiger partial charge in [-0.3, -0.25) is 9.78 Å². The fourth-order valence-corrected chi connectivity index (χ4v) is 4.43. The average molecular weight is 426 g/mol. The number of rotatable bonds is 3. The number of amides is 1. The molecule has 0 spiro atoms. The monoisotopic (exact) mass is 425 g/mol. The van der Waals surface area contributed by atoms with E-state index >= 15 is 0 Å². The van der Waals surface area contributed by atoms with Crippen molar-refractivity contribution in [2.24, 2.45) is 0 Å². The molecular weight excluding hydrogens is 401 g/mol. The summed E-state index contributed by atoms with van der Waals surface area (Å²) in [5, 5.41) is 0.860. The molecule has 1 amide bonds. The lowest BCUT2D eigenvalue weighted by Crippen LogP contribution is -2.49. The zero-order chi connectivity index (χ0) is 22.1. The Morgan fingerprint density at radius 2 is 1.59 bits per heavy atom. The number of carbonyl (C=O) groups excluding carboxylic acids is 1. The first kappa shape index (κ1) is 20.2. The Morgan fingerprint density at radius 3 is 2.34 bits per heavy atom. The van der Waals surface area contributed by atoms with Crippen LogP contribution in [0.25, 0.3) is 22.0 Å². The highest BCUT2D eigenvalue weighted by Gasteiger charge is 2.25. The molecule has 1 saturated heterocycles. The molecule has 0 bridgehead atoms. The van der Waals surface area contributed by atoms with Gasteiger partial charge in [0.2, 0.25) is 0 Å². The molecule has 1 aromatic heterocycles. The number of benzene rings is 3. The third-order valence-corrected chi connectivity index (χ3v) is 6.04. The second-order valence-corrected chi connectivity index (χ2v) is 8.11. The predicted molar refractivity (Wildman–Crippen MR) is 126 cm³/mol. The molecule has 5 rings (SSSR count). The van der Waals surface area contributed by atoms with Crippen LogP contribution >= 0.6 is 0 Å². The first-order valence-corrected chi connectivity index (χ1v) is 10.9. The molecule has 0 unspecified atom stereocenters. The van der Waals surface area contributed by atoms with Gasteiger partial charge in [0.15, 0.2) is 0 Å². The SMILES string of the molecule is Cc1cc(C(=O)N2CCN(c3ccccc3F)CC2)c2cccc(-c3ccccc3)c2n1. The smallest absolute Gasteiger partial charge is 0.254 e. The van der Waals surface area contributed by atoms with E-state index in [4.69, 9.17) is 4.98 Å². The minimum Gasteiger partial charge on any atom is -0.366 e. The van der Waals surface area contributed by atoms with E-state index in [-0.39, 0.29) is 11.7 Å². The van der Waals surface area contributed by atoms with Crippen LogP contribution in [0.2, 0.25) is 0 Å². The molecule has 5 heteroatoms. The van der Waals surface area contributed by atoms with Gasteiger partial charge in [-0.2, -0.15) is 0 Å². The van der Waals surface area contributed by atoms with E-state index in [1.54, 1.807) is 12.1 Å². The predicted octanol–water partition coefficient (Wildman–Crippen LogP) is 5.31. The summed E-state index contributed by atoms with van der Waals surface area (Å²) < 4.78 is 14.2. The van der Waals surface area contributed by atoms with Crippen molar-refractivity contribution in [3.05, 3.63) is 95.9 Å². The van der Waals surface area contributed by atoms with Gasteiger partial charge in [-0.15, -0.1) is 0 Å². The number of fused-ring (bicyclic) bond motifs is 1. The standard InChI is InChI=1S/C27H24FN3O/c1-19-18-23(22-11-7-10-21(26(22)29-19)20-8-3-2-4-9-20)27(32)31-16-14-30(15-17-31)25-13-6-5-12-24(25)28/h2-13,18H,14-17H2,1H3. The highest BCUT2D eigenvalue weighted by molar-refractivity contribution is 6.09. The van der Waals surface area contributed by atoms with Crippen molar-refractivity contribution in [3.63, 3.8) is 0 Å². The van der Waals surface area contributed by atoms with Crippen molar-refractivity contribution < 1.29 is 9.18 Å². The third-order valence-electron chi connectivity index (χ3n) is 6.04. The van der Waals surface area contributed by atoms with Gasteiger partial charge in [0, 0.05) is 42.8 Å². The molecule has 1 aliphatic heterocycles. The maximum Gasteiger partial charge on any atom is 0.254 e. The van der Waals surface area contributed by atoms with Crippen molar-refractivity contribution in [3.8, 4) is 11.1 Å². The molecule has 4 nitrogen and oxygen atoms in total. The van der Waals surface area contributed by atoms with Gasteiger partial charge in [-0.05, 0) is 30.7 Å². The summed E-state index contributed by atoms with van der Waals surface area (Å²) in [6.07, 6.45) is 0. The molecule has 0 aliphatic carbocycles. The van der Waals surface area contributed by atoms with Gasteiger partial charge in [0.1, 0.15) is 5.82 Å². The number of nitrogens with zero attached hydrogens (tertiary/aromatic N) is 3. The fraction of sp³-hybridized carbons (Fsp3) is 0.185. The van der Waals surface area contributed by atoms with Crippen molar-refractivity contribution in [2.75, 3.05) is 31.1 Å². The molecule has 3 aromatic carbocycles. The highest BCUT2D eigenvalue weighted by Crippen LogP contribution is 2.30. The number of aryl methyl sites for hydroxylation is 1. The highest BCUT2D eigenvalue weighted by atomic mass is 19.1. The molecule has 0 atom stereocenters. The van der Waals surface area contributed by atoms with Crippen molar-refractivity contribution in [1.29, 1.82) is 0 Å². The summed E-state index contributed by atoms with van der Waals surface area (Å²) in [5.41, 5.74) is 5.02. The van der Waals surface area contributed by atoms with E-state index in [9.17, 15) is 9.18 Å². The number of aromatic nitrogens is 1. The Labute approximate surface area is 186 Å². The lowest BCUT2D eigenvalue weighted by molar-refractivity contribution is 0.0748. The summed E-state index contributed by atoms with van der Waals surface area (Å²) in [4.78, 5) is 22.2. The minimum atomic E-state index is -0.225. The van der Waals surface area contributed by atoms with Crippen LogP contribution in [-0.4, -0.2) is 42.0 Å². The van der Waals surface area contributed by atoms with E-state index in [1.165, 1.54) is 6.07 Å². The summed E-state index contributed by atoms with van der Waals surface area (Å²) in [6.45, 7) is 4.23. The Bertz CT molecular complexity index is 1280. The topological polar surface area (TPSA) is 36.4 Å². The number of carbonyl (C=O) groups is 1. The molecule has 1 fully saturated rings. The quantitative estimate of drug-likeness (QED) is 0.446. The number of hydrogen-bond donors (Lipinski definition) is 0. The van der Waals surface area contributed by atoms with Crippen LogP contribution in [0.5, 0.6) is 0 Å². The second-order valence-electron chi connectivity index (χ2n) is 8.11. The van der Waals surface area contributed by atoms with E-state index in [2.05, 4.69) is 12.1 Å². The lowest BCUT2D eigenvalue weighted by atomic mass is 9.98. The molecule has 1 aliphatic rings. The van der Waals surface area contributed by atoms with Crippen LogP contribution in [0.4, 0.5) is 10.1 Å². The first-order valence-electron chi connectivity index (χ1n) is 10.9. The average Bonchev–Trinajstić information content (AvgIpc) is 2.84. The van der Waals surface area contributed by atoms with Crippen LogP contribution in [0.1, 0.15) is 16.1 Å². The Hall–Kier alpha value is -3.73. The lowest BCUT2D eigenvalue weighted by Gasteiger charge is -2.36. The van der Waals surface area contributed by atoms with E-state index in [0.29, 0.717) is 37.4 Å². The largest absolute Gasteiger partial charge is 0.366 e. The molecule has 0 N–H and O–H groups in total. The molecule has 0 saturated carbocycles. The van der Waals surface area contributed by atoms with E-state index < -0.39 is 0 Å². The number of hydrogen-bond acceptors (Lipinski definition) is 3. The number of pyridine rings is 1. The van der Waals surface area contributed by atoms with Crippen molar-refractivity contribution in [2.45, 2.75) is 6.92 Å². The van der Waals surface area contributed by atoms with Crippen LogP contribution in [0.3, 0.4) is 0 Å². The maximum absolute atomic E-state index is 14.2. The second kappa shape index (κ2) is 8.42. The van der Waals surface area contributed by atoms with Crippen LogP contribution < -0.4 is 4.90 Å². The normalized spacial score (nSPS) is 14.1. The van der Waals surface area contributed by atoms with Gasteiger partial charge >= 0.3 is 0 Å². The van der Waals surface area contributed by atoms with E-state index in [1.807, 2.05) is 65.3 Å². The van der Waals surface area contributed by atoms with E-state index in [0.717, 1.165) is 27.7 Å². The van der Waals surface area contributed by atoms with Crippen LogP contribution in [0.15, 0.2) is 78.9 Å². The van der Waals surface area contributed by atoms with Crippen LogP contribution in [0, 0.1) is 12.7 Å². The number of anilines is 1. The van der Waals surface area contributed by atoms with Crippen molar-refractivity contribution >= 4 is 22.5 Å². The minimum absolute atomic E-state index is 0.00102. The first-order chi connectivity index (χ1) is 15.6. The Kier molecular flexibility index (Phi) is 5.31. The van der Waals surface area contributed by atoms with Crippen molar-refractivity contribution in [1.82, 2.24) is 9.88 Å². The van der Waals surface area contributed by atoms with Crippen LogP contribution in [-0.2, 0) is 0 Å². The third kappa shape index (κ3) is 3.71. The van der Waals surface area contributed by atoms with Gasteiger partial charge in [-0.1, -0.05) is 60.7 Å². The summed E-state index contributed by atoms with van der Waals surface area (Å²) in [6, 6.07) is 24.8. The molecule has 4 aromatic rings. The maximum atomic E-state index is 14.2. The molecule has 160 valence electrons. The zero-order valence-electron chi connectivity index (χ0n) is 18.0. The number of para-hydroxylation sites is 2. The van der Waals surface area contributed by atoms with Gasteiger partial charge in [-0.25, -0.2) is 4.39 Å². The number of piperazine rings is 1. The summed E-state index contributed by atoms with van der Waals surface area (Å²) in [7, 11) is 0. The van der Waals surface area contributed by atoms with Gasteiger partial charge < -0.3 is 9.80 Å². The summed E-state index contributed by atoms with van der Waals surface area (Å²) >= 11 is 0.